The van der Waals surface area contributed by atoms with Gasteiger partial charge in [0.25, 0.3) is 5.56 Å². The molecule has 0 fully saturated rings. The van der Waals surface area contributed by atoms with Gasteiger partial charge in [-0.3, -0.25) is 14.2 Å². The molecule has 0 aliphatic heterocycles. The molecule has 0 spiro atoms. The van der Waals surface area contributed by atoms with Gasteiger partial charge in [0, 0.05) is 13.1 Å². The number of benzene rings is 2. The van der Waals surface area contributed by atoms with E-state index in [-0.39, 0.29) is 34.4 Å². The van der Waals surface area contributed by atoms with Crippen molar-refractivity contribution in [1.29, 1.82) is 0 Å². The molecule has 0 aliphatic carbocycles. The van der Waals surface area contributed by atoms with E-state index in [0.29, 0.717) is 17.3 Å². The van der Waals surface area contributed by atoms with E-state index >= 15 is 0 Å². The highest BCUT2D eigenvalue weighted by atomic mass is 32.2. The van der Waals surface area contributed by atoms with Crippen molar-refractivity contribution in [3.8, 4) is 5.69 Å². The highest BCUT2D eigenvalue weighted by molar-refractivity contribution is 7.99. The number of hydrogen-bond donors (Lipinski definition) is 0. The SMILES string of the molecule is CN(Cc1ccco1)C(=O)CSc1nc2ccccc2c(=O)n1-c1ccc(F)cc1F. The summed E-state index contributed by atoms with van der Waals surface area (Å²) in [5.41, 5.74) is -0.219. The molecular weight excluding hydrogens is 424 g/mol. The maximum absolute atomic E-state index is 14.5. The average Bonchev–Trinajstić information content (AvgIpc) is 3.26. The molecule has 4 rings (SSSR count). The van der Waals surface area contributed by atoms with E-state index < -0.39 is 17.2 Å². The van der Waals surface area contributed by atoms with Gasteiger partial charge in [0.2, 0.25) is 5.91 Å². The van der Waals surface area contributed by atoms with Crippen LogP contribution in [0.15, 0.2) is 75.2 Å². The first-order valence-electron chi connectivity index (χ1n) is 9.30. The molecule has 6 nitrogen and oxygen atoms in total. The smallest absolute Gasteiger partial charge is 0.266 e. The molecule has 0 saturated carbocycles. The molecule has 4 aromatic rings. The Kier molecular flexibility index (Phi) is 5.85. The summed E-state index contributed by atoms with van der Waals surface area (Å²) in [6.07, 6.45) is 1.53. The fourth-order valence-corrected chi connectivity index (χ4v) is 3.99. The maximum atomic E-state index is 14.5. The number of rotatable bonds is 6. The summed E-state index contributed by atoms with van der Waals surface area (Å²) in [4.78, 5) is 31.6. The van der Waals surface area contributed by atoms with Crippen LogP contribution < -0.4 is 5.56 Å². The number of furan rings is 1. The Balaban J connectivity index is 1.69. The molecule has 31 heavy (non-hydrogen) atoms. The van der Waals surface area contributed by atoms with Gasteiger partial charge in [-0.15, -0.1) is 0 Å². The van der Waals surface area contributed by atoms with Crippen LogP contribution in [-0.2, 0) is 11.3 Å². The molecule has 2 heterocycles. The minimum Gasteiger partial charge on any atom is -0.467 e. The number of amides is 1. The van der Waals surface area contributed by atoms with Gasteiger partial charge in [0.05, 0.1) is 35.2 Å². The zero-order chi connectivity index (χ0) is 22.0. The zero-order valence-electron chi connectivity index (χ0n) is 16.4. The van der Waals surface area contributed by atoms with E-state index in [9.17, 15) is 18.4 Å². The number of nitrogens with zero attached hydrogens (tertiary/aromatic N) is 3. The summed E-state index contributed by atoms with van der Waals surface area (Å²) in [5.74, 6) is -1.29. The molecule has 9 heteroatoms. The fourth-order valence-electron chi connectivity index (χ4n) is 3.05. The van der Waals surface area contributed by atoms with Crippen LogP contribution >= 0.6 is 11.8 Å². The first-order valence-corrected chi connectivity index (χ1v) is 10.3. The number of para-hydroxylation sites is 1. The van der Waals surface area contributed by atoms with Crippen molar-refractivity contribution in [1.82, 2.24) is 14.5 Å². The fraction of sp³-hybridized carbons (Fsp3) is 0.136. The molecule has 0 unspecified atom stereocenters. The molecule has 2 aromatic heterocycles. The normalized spacial score (nSPS) is 11.1. The van der Waals surface area contributed by atoms with Crippen molar-refractivity contribution < 1.29 is 18.0 Å². The highest BCUT2D eigenvalue weighted by Gasteiger charge is 2.19. The molecule has 2 aromatic carbocycles. The van der Waals surface area contributed by atoms with Crippen LogP contribution in [0.25, 0.3) is 16.6 Å². The predicted molar refractivity (Wildman–Crippen MR) is 113 cm³/mol. The first-order chi connectivity index (χ1) is 14.9. The van der Waals surface area contributed by atoms with E-state index in [1.807, 2.05) is 0 Å². The Bertz CT molecular complexity index is 1310. The molecule has 0 atom stereocenters. The lowest BCUT2D eigenvalue weighted by Crippen LogP contribution is -2.28. The third-order valence-corrected chi connectivity index (χ3v) is 5.54. The summed E-state index contributed by atoms with van der Waals surface area (Å²) >= 11 is 1.00. The molecule has 0 N–H and O–H groups in total. The molecule has 0 saturated heterocycles. The van der Waals surface area contributed by atoms with Gasteiger partial charge in [-0.05, 0) is 36.4 Å². The van der Waals surface area contributed by atoms with E-state index in [4.69, 9.17) is 4.42 Å². The molecule has 158 valence electrons. The van der Waals surface area contributed by atoms with Crippen molar-refractivity contribution in [2.75, 3.05) is 12.8 Å². The lowest BCUT2D eigenvalue weighted by Gasteiger charge is -2.17. The van der Waals surface area contributed by atoms with E-state index in [1.54, 1.807) is 43.4 Å². The van der Waals surface area contributed by atoms with Gasteiger partial charge >= 0.3 is 0 Å². The third-order valence-electron chi connectivity index (χ3n) is 4.62. The van der Waals surface area contributed by atoms with Gasteiger partial charge in [-0.25, -0.2) is 13.8 Å². The summed E-state index contributed by atoms with van der Waals surface area (Å²) in [7, 11) is 1.63. The van der Waals surface area contributed by atoms with E-state index in [0.717, 1.165) is 22.4 Å². The number of fused-ring (bicyclic) bond motifs is 1. The van der Waals surface area contributed by atoms with Crippen molar-refractivity contribution in [2.24, 2.45) is 0 Å². The lowest BCUT2D eigenvalue weighted by molar-refractivity contribution is -0.127. The Morgan fingerprint density at radius 1 is 1.16 bits per heavy atom. The van der Waals surface area contributed by atoms with Crippen LogP contribution in [-0.4, -0.2) is 33.2 Å². The Morgan fingerprint density at radius 2 is 1.97 bits per heavy atom. The molecule has 1 amide bonds. The van der Waals surface area contributed by atoms with Gasteiger partial charge in [0.15, 0.2) is 5.16 Å². The first kappa shape index (κ1) is 20.8. The van der Waals surface area contributed by atoms with Gasteiger partial charge in [-0.2, -0.15) is 0 Å². The Labute approximate surface area is 180 Å². The Hall–Kier alpha value is -3.46. The molecular formula is C22H17F2N3O3S. The lowest BCUT2D eigenvalue weighted by atomic mass is 10.2. The topological polar surface area (TPSA) is 68.3 Å². The second-order valence-electron chi connectivity index (χ2n) is 6.77. The third kappa shape index (κ3) is 4.36. The molecule has 0 aliphatic rings. The second-order valence-corrected chi connectivity index (χ2v) is 7.71. The van der Waals surface area contributed by atoms with Gasteiger partial charge < -0.3 is 9.32 Å². The largest absolute Gasteiger partial charge is 0.467 e. The van der Waals surface area contributed by atoms with Crippen LogP contribution in [0.2, 0.25) is 0 Å². The predicted octanol–water partition coefficient (Wildman–Crippen LogP) is 4.01. The highest BCUT2D eigenvalue weighted by Crippen LogP contribution is 2.23. The number of carbonyl (C=O) groups is 1. The minimum absolute atomic E-state index is 0.0369. The summed E-state index contributed by atoms with van der Waals surface area (Å²) < 4.78 is 34.2. The second kappa shape index (κ2) is 8.73. The van der Waals surface area contributed by atoms with Gasteiger partial charge in [0.1, 0.15) is 17.4 Å². The van der Waals surface area contributed by atoms with Crippen LogP contribution in [0.5, 0.6) is 0 Å². The summed E-state index contributed by atoms with van der Waals surface area (Å²) in [6, 6.07) is 13.1. The maximum Gasteiger partial charge on any atom is 0.266 e. The standard InChI is InChI=1S/C22H17F2N3O3S/c1-26(12-15-5-4-10-30-15)20(28)13-31-22-25-18-7-3-2-6-16(18)21(29)27(22)19-9-8-14(23)11-17(19)24/h2-11H,12-13H2,1H3. The van der Waals surface area contributed by atoms with Gasteiger partial charge in [-0.1, -0.05) is 23.9 Å². The molecule has 0 bridgehead atoms. The Morgan fingerprint density at radius 3 is 2.71 bits per heavy atom. The zero-order valence-corrected chi connectivity index (χ0v) is 17.2. The number of aromatic nitrogens is 2. The van der Waals surface area contributed by atoms with Crippen molar-refractivity contribution in [3.05, 3.63) is 88.6 Å². The van der Waals surface area contributed by atoms with Crippen molar-refractivity contribution >= 4 is 28.6 Å². The number of carbonyl (C=O) groups excluding carboxylic acids is 1. The minimum atomic E-state index is -0.901. The van der Waals surface area contributed by atoms with Crippen LogP contribution in [0, 0.1) is 11.6 Å². The summed E-state index contributed by atoms with van der Waals surface area (Å²) in [5, 5.41) is 0.422. The quantitative estimate of drug-likeness (QED) is 0.334. The van der Waals surface area contributed by atoms with Crippen molar-refractivity contribution in [3.63, 3.8) is 0 Å². The van der Waals surface area contributed by atoms with Crippen molar-refractivity contribution in [2.45, 2.75) is 11.7 Å². The van der Waals surface area contributed by atoms with Crippen LogP contribution in [0.3, 0.4) is 0 Å². The van der Waals surface area contributed by atoms with Crippen LogP contribution in [0.4, 0.5) is 8.78 Å². The number of hydrogen-bond acceptors (Lipinski definition) is 5. The van der Waals surface area contributed by atoms with Crippen LogP contribution in [0.1, 0.15) is 5.76 Å². The summed E-state index contributed by atoms with van der Waals surface area (Å²) in [6.45, 7) is 0.289. The monoisotopic (exact) mass is 441 g/mol. The molecule has 0 radical (unpaired) electrons. The van der Waals surface area contributed by atoms with E-state index in [1.165, 1.54) is 17.2 Å². The average molecular weight is 441 g/mol. The number of thioether (sulfide) groups is 1. The van der Waals surface area contributed by atoms with E-state index in [2.05, 4.69) is 4.98 Å². The number of halogens is 2.